The van der Waals surface area contributed by atoms with Gasteiger partial charge in [-0.05, 0) is 61.6 Å². The zero-order chi connectivity index (χ0) is 13.6. The fraction of sp³-hybridized carbons (Fsp3) is 0.647. The standard InChI is InChI=1S/C17H24O2/c1-10-8-11(2)15(14(9-10)19-3)17(18)16-12-6-4-5-7-13(12)16/h8-9,12-13,16-18H,4-7H2,1-3H3. The lowest BCUT2D eigenvalue weighted by Crippen LogP contribution is -2.07. The van der Waals surface area contributed by atoms with Crippen LogP contribution in [-0.2, 0) is 0 Å². The first-order chi connectivity index (χ1) is 9.13. The number of ether oxygens (including phenoxy) is 1. The highest BCUT2D eigenvalue weighted by atomic mass is 16.5. The quantitative estimate of drug-likeness (QED) is 0.896. The monoisotopic (exact) mass is 260 g/mol. The summed E-state index contributed by atoms with van der Waals surface area (Å²) in [5.41, 5.74) is 3.37. The van der Waals surface area contributed by atoms with E-state index in [9.17, 15) is 5.11 Å². The molecule has 0 saturated heterocycles. The Morgan fingerprint density at radius 2 is 1.79 bits per heavy atom. The molecule has 2 aliphatic rings. The van der Waals surface area contributed by atoms with Crippen LogP contribution in [-0.4, -0.2) is 12.2 Å². The second-order valence-electron chi connectivity index (χ2n) is 6.33. The van der Waals surface area contributed by atoms with Crippen molar-refractivity contribution in [3.8, 4) is 5.75 Å². The second kappa shape index (κ2) is 4.82. The van der Waals surface area contributed by atoms with Crippen LogP contribution in [0.1, 0.15) is 48.5 Å². The van der Waals surface area contributed by atoms with Crippen molar-refractivity contribution < 1.29 is 9.84 Å². The van der Waals surface area contributed by atoms with Crippen molar-refractivity contribution >= 4 is 0 Å². The topological polar surface area (TPSA) is 29.5 Å². The molecule has 2 fully saturated rings. The predicted molar refractivity (Wildman–Crippen MR) is 76.4 cm³/mol. The lowest BCUT2D eigenvalue weighted by molar-refractivity contribution is 0.138. The second-order valence-corrected chi connectivity index (χ2v) is 6.33. The number of benzene rings is 1. The van der Waals surface area contributed by atoms with Crippen molar-refractivity contribution in [1.29, 1.82) is 0 Å². The minimum Gasteiger partial charge on any atom is -0.496 e. The van der Waals surface area contributed by atoms with Crippen molar-refractivity contribution in [2.75, 3.05) is 7.11 Å². The lowest BCUT2D eigenvalue weighted by atomic mass is 9.95. The number of fused-ring (bicyclic) bond motifs is 1. The van der Waals surface area contributed by atoms with Gasteiger partial charge in [-0.1, -0.05) is 18.9 Å². The third kappa shape index (κ3) is 2.16. The smallest absolute Gasteiger partial charge is 0.125 e. The molecule has 0 aliphatic heterocycles. The first kappa shape index (κ1) is 13.0. The van der Waals surface area contributed by atoms with E-state index in [1.807, 2.05) is 6.07 Å². The molecule has 1 aromatic carbocycles. The highest BCUT2D eigenvalue weighted by molar-refractivity contribution is 5.45. The highest BCUT2D eigenvalue weighted by Crippen LogP contribution is 2.61. The van der Waals surface area contributed by atoms with Gasteiger partial charge in [0.15, 0.2) is 0 Å². The van der Waals surface area contributed by atoms with Gasteiger partial charge in [0.25, 0.3) is 0 Å². The van der Waals surface area contributed by atoms with Crippen LogP contribution in [0.5, 0.6) is 5.75 Å². The van der Waals surface area contributed by atoms with Gasteiger partial charge < -0.3 is 9.84 Å². The molecule has 0 amide bonds. The van der Waals surface area contributed by atoms with Gasteiger partial charge in [0.2, 0.25) is 0 Å². The molecule has 3 atom stereocenters. The van der Waals surface area contributed by atoms with Crippen LogP contribution < -0.4 is 4.74 Å². The SMILES string of the molecule is COc1cc(C)cc(C)c1C(O)C1C2CCCCC21. The number of methoxy groups -OCH3 is 1. The Labute approximate surface area is 115 Å². The van der Waals surface area contributed by atoms with Crippen LogP contribution in [0, 0.1) is 31.6 Å². The van der Waals surface area contributed by atoms with Crippen LogP contribution in [0.3, 0.4) is 0 Å². The van der Waals surface area contributed by atoms with Gasteiger partial charge in [0, 0.05) is 5.56 Å². The molecule has 0 radical (unpaired) electrons. The minimum atomic E-state index is -0.344. The van der Waals surface area contributed by atoms with E-state index in [0.29, 0.717) is 5.92 Å². The summed E-state index contributed by atoms with van der Waals surface area (Å²) in [6.07, 6.45) is 4.95. The first-order valence-corrected chi connectivity index (χ1v) is 7.46. The first-order valence-electron chi connectivity index (χ1n) is 7.46. The van der Waals surface area contributed by atoms with E-state index in [0.717, 1.165) is 28.7 Å². The Morgan fingerprint density at radius 1 is 1.16 bits per heavy atom. The number of hydrogen-bond donors (Lipinski definition) is 1. The lowest BCUT2D eigenvalue weighted by Gasteiger charge is -2.18. The van der Waals surface area contributed by atoms with Crippen molar-refractivity contribution in [2.45, 2.75) is 45.6 Å². The number of aliphatic hydroxyl groups is 1. The zero-order valence-electron chi connectivity index (χ0n) is 12.1. The maximum Gasteiger partial charge on any atom is 0.125 e. The van der Waals surface area contributed by atoms with Gasteiger partial charge in [0.1, 0.15) is 5.75 Å². The van der Waals surface area contributed by atoms with Crippen LogP contribution in [0.25, 0.3) is 0 Å². The van der Waals surface area contributed by atoms with Crippen LogP contribution in [0.2, 0.25) is 0 Å². The Bertz CT molecular complexity index is 468. The molecule has 2 heteroatoms. The van der Waals surface area contributed by atoms with Crippen LogP contribution in [0.4, 0.5) is 0 Å². The summed E-state index contributed by atoms with van der Waals surface area (Å²) in [6.45, 7) is 4.16. The van der Waals surface area contributed by atoms with Crippen LogP contribution >= 0.6 is 0 Å². The van der Waals surface area contributed by atoms with E-state index in [1.165, 1.54) is 31.2 Å². The van der Waals surface area contributed by atoms with Gasteiger partial charge in [-0.3, -0.25) is 0 Å². The van der Waals surface area contributed by atoms with E-state index in [4.69, 9.17) is 4.74 Å². The third-order valence-corrected chi connectivity index (χ3v) is 5.10. The Kier molecular flexibility index (Phi) is 3.30. The molecular formula is C17H24O2. The van der Waals surface area contributed by atoms with Crippen molar-refractivity contribution in [1.82, 2.24) is 0 Å². The van der Waals surface area contributed by atoms with Crippen molar-refractivity contribution in [3.63, 3.8) is 0 Å². The number of hydrogen-bond acceptors (Lipinski definition) is 2. The van der Waals surface area contributed by atoms with E-state index in [-0.39, 0.29) is 6.10 Å². The molecule has 3 rings (SSSR count). The van der Waals surface area contributed by atoms with E-state index in [1.54, 1.807) is 7.11 Å². The fourth-order valence-electron chi connectivity index (χ4n) is 4.20. The molecule has 1 aromatic rings. The third-order valence-electron chi connectivity index (χ3n) is 5.10. The summed E-state index contributed by atoms with van der Waals surface area (Å²) in [4.78, 5) is 0. The average Bonchev–Trinajstić information content (AvgIpc) is 3.11. The summed E-state index contributed by atoms with van der Waals surface area (Å²) in [6, 6.07) is 4.19. The van der Waals surface area contributed by atoms with E-state index >= 15 is 0 Å². The fourth-order valence-corrected chi connectivity index (χ4v) is 4.20. The molecule has 3 unspecified atom stereocenters. The molecule has 0 bridgehead atoms. The minimum absolute atomic E-state index is 0.344. The predicted octanol–water partition coefficient (Wildman–Crippen LogP) is 3.78. The molecule has 104 valence electrons. The van der Waals surface area contributed by atoms with Crippen molar-refractivity contribution in [3.05, 3.63) is 28.8 Å². The van der Waals surface area contributed by atoms with Crippen LogP contribution in [0.15, 0.2) is 12.1 Å². The molecule has 2 aliphatic carbocycles. The normalized spacial score (nSPS) is 30.6. The number of aliphatic hydroxyl groups excluding tert-OH is 1. The largest absolute Gasteiger partial charge is 0.496 e. The molecule has 2 saturated carbocycles. The van der Waals surface area contributed by atoms with Gasteiger partial charge >= 0.3 is 0 Å². The number of rotatable bonds is 3. The van der Waals surface area contributed by atoms with E-state index < -0.39 is 0 Å². The zero-order valence-corrected chi connectivity index (χ0v) is 12.1. The maximum absolute atomic E-state index is 10.8. The summed E-state index contributed by atoms with van der Waals surface area (Å²) in [5, 5.41) is 10.8. The Morgan fingerprint density at radius 3 is 2.37 bits per heavy atom. The Hall–Kier alpha value is -1.02. The van der Waals surface area contributed by atoms with Gasteiger partial charge in [0.05, 0.1) is 13.2 Å². The van der Waals surface area contributed by atoms with Gasteiger partial charge in [-0.25, -0.2) is 0 Å². The molecule has 0 spiro atoms. The number of aryl methyl sites for hydroxylation is 2. The van der Waals surface area contributed by atoms with E-state index in [2.05, 4.69) is 19.9 Å². The highest BCUT2D eigenvalue weighted by Gasteiger charge is 2.54. The van der Waals surface area contributed by atoms with Gasteiger partial charge in [-0.2, -0.15) is 0 Å². The molecule has 1 N–H and O–H groups in total. The summed E-state index contributed by atoms with van der Waals surface area (Å²) < 4.78 is 5.50. The molecule has 0 heterocycles. The maximum atomic E-state index is 10.8. The molecule has 0 aromatic heterocycles. The van der Waals surface area contributed by atoms with Crippen molar-refractivity contribution in [2.24, 2.45) is 17.8 Å². The summed E-state index contributed by atoms with van der Waals surface area (Å²) in [7, 11) is 1.70. The molecule has 2 nitrogen and oxygen atoms in total. The van der Waals surface area contributed by atoms with Gasteiger partial charge in [-0.15, -0.1) is 0 Å². The summed E-state index contributed by atoms with van der Waals surface area (Å²) >= 11 is 0. The summed E-state index contributed by atoms with van der Waals surface area (Å²) in [5.74, 6) is 2.84. The average molecular weight is 260 g/mol. The molecular weight excluding hydrogens is 236 g/mol. The Balaban J connectivity index is 1.89. The molecule has 19 heavy (non-hydrogen) atoms.